The lowest BCUT2D eigenvalue weighted by molar-refractivity contribution is 0.556. The van der Waals surface area contributed by atoms with E-state index in [1.807, 2.05) is 24.4 Å². The van der Waals surface area contributed by atoms with Crippen LogP contribution in [0.5, 0.6) is 0 Å². The quantitative estimate of drug-likeness (QED) is 0.389. The van der Waals surface area contributed by atoms with Gasteiger partial charge in [0.2, 0.25) is 17.8 Å². The first-order valence-electron chi connectivity index (χ1n) is 10.1. The Morgan fingerprint density at radius 3 is 1.96 bits per heavy atom. The number of nitrogens with one attached hydrogen (secondary N) is 1. The zero-order chi connectivity index (χ0) is 19.2. The molecule has 3 heterocycles. The number of anilines is 3. The fraction of sp³-hybridized carbons (Fsp3) is 0.500. The van der Waals surface area contributed by atoms with Crippen LogP contribution in [0.4, 0.5) is 17.8 Å². The number of hydrogen-bond acceptors (Lipinski definition) is 7. The van der Waals surface area contributed by atoms with Crippen LogP contribution in [0.1, 0.15) is 44.1 Å². The summed E-state index contributed by atoms with van der Waals surface area (Å²) in [6.45, 7) is 4.03. The second-order valence-corrected chi connectivity index (χ2v) is 8.41. The van der Waals surface area contributed by atoms with Gasteiger partial charge < -0.3 is 9.80 Å². The molecule has 148 valence electrons. The fourth-order valence-electron chi connectivity index (χ4n) is 3.61. The predicted octanol–water partition coefficient (Wildman–Crippen LogP) is 3.90. The molecule has 0 aliphatic carbocycles. The minimum absolute atomic E-state index is 0.512. The van der Waals surface area contributed by atoms with Crippen molar-refractivity contribution in [3.63, 3.8) is 0 Å². The van der Waals surface area contributed by atoms with Crippen molar-refractivity contribution in [1.29, 1.82) is 0 Å². The van der Waals surface area contributed by atoms with E-state index < -0.39 is 0 Å². The molecule has 1 aromatic heterocycles. The highest BCUT2D eigenvalue weighted by Crippen LogP contribution is 2.22. The van der Waals surface area contributed by atoms with Gasteiger partial charge in [-0.1, -0.05) is 18.2 Å². The van der Waals surface area contributed by atoms with Crippen LogP contribution in [-0.4, -0.2) is 47.3 Å². The maximum absolute atomic E-state index is 4.80. The molecule has 2 aliphatic heterocycles. The Kier molecular flexibility index (Phi) is 6.56. The third-order valence-corrected chi connectivity index (χ3v) is 6.15. The number of halogens is 1. The topological polar surface area (TPSA) is 69.5 Å². The maximum atomic E-state index is 4.80. The van der Waals surface area contributed by atoms with Crippen molar-refractivity contribution in [3.05, 3.63) is 33.4 Å². The Bertz CT molecular complexity index is 778. The van der Waals surface area contributed by atoms with Gasteiger partial charge in [0.05, 0.1) is 6.21 Å². The lowest BCUT2D eigenvalue weighted by Gasteiger charge is -2.30. The molecule has 8 heteroatoms. The van der Waals surface area contributed by atoms with Crippen molar-refractivity contribution in [2.24, 2.45) is 5.10 Å². The van der Waals surface area contributed by atoms with E-state index in [0.29, 0.717) is 5.95 Å². The molecule has 0 saturated carbocycles. The van der Waals surface area contributed by atoms with Crippen LogP contribution < -0.4 is 15.2 Å². The number of benzene rings is 1. The molecule has 28 heavy (non-hydrogen) atoms. The zero-order valence-corrected chi connectivity index (χ0v) is 18.2. The van der Waals surface area contributed by atoms with E-state index in [0.717, 1.165) is 47.2 Å². The largest absolute Gasteiger partial charge is 0.341 e. The van der Waals surface area contributed by atoms with Crippen LogP contribution in [-0.2, 0) is 0 Å². The third-order valence-electron chi connectivity index (χ3n) is 5.16. The minimum Gasteiger partial charge on any atom is -0.341 e. The van der Waals surface area contributed by atoms with E-state index in [9.17, 15) is 0 Å². The van der Waals surface area contributed by atoms with Gasteiger partial charge in [0.1, 0.15) is 0 Å². The molecular formula is C20H26IN7. The molecule has 4 rings (SSSR count). The summed E-state index contributed by atoms with van der Waals surface area (Å²) < 4.78 is 1.16. The number of hydrogen-bond donors (Lipinski definition) is 1. The maximum Gasteiger partial charge on any atom is 0.250 e. The molecule has 1 N–H and O–H groups in total. The summed E-state index contributed by atoms with van der Waals surface area (Å²) in [5.41, 5.74) is 4.10. The van der Waals surface area contributed by atoms with Crippen molar-refractivity contribution in [1.82, 2.24) is 15.0 Å². The Labute approximate surface area is 179 Å². The SMILES string of the molecule is Ic1ccccc1C=NNc1nc(N2CCCCC2)nc(N2CCCCC2)n1. The van der Waals surface area contributed by atoms with Gasteiger partial charge >= 0.3 is 0 Å². The molecule has 0 unspecified atom stereocenters. The average molecular weight is 491 g/mol. The number of aromatic nitrogens is 3. The summed E-state index contributed by atoms with van der Waals surface area (Å²) in [6, 6.07) is 8.14. The van der Waals surface area contributed by atoms with Gasteiger partial charge in [-0.2, -0.15) is 20.1 Å². The molecule has 0 radical (unpaired) electrons. The lowest BCUT2D eigenvalue weighted by atomic mass is 10.1. The Morgan fingerprint density at radius 1 is 0.821 bits per heavy atom. The molecular weight excluding hydrogens is 465 g/mol. The molecule has 2 aliphatic rings. The van der Waals surface area contributed by atoms with Crippen LogP contribution in [0.25, 0.3) is 0 Å². The summed E-state index contributed by atoms with van der Waals surface area (Å²) >= 11 is 2.31. The fourth-order valence-corrected chi connectivity index (χ4v) is 4.14. The molecule has 7 nitrogen and oxygen atoms in total. The average Bonchev–Trinajstić information content (AvgIpc) is 2.76. The van der Waals surface area contributed by atoms with Gasteiger partial charge in [-0.05, 0) is 67.2 Å². The Morgan fingerprint density at radius 2 is 1.39 bits per heavy atom. The first-order chi connectivity index (χ1) is 13.8. The molecule has 0 spiro atoms. The highest BCUT2D eigenvalue weighted by atomic mass is 127. The minimum atomic E-state index is 0.512. The molecule has 0 amide bonds. The molecule has 2 aromatic rings. The second kappa shape index (κ2) is 9.49. The molecule has 2 fully saturated rings. The van der Waals surface area contributed by atoms with Gasteiger partial charge in [-0.3, -0.25) is 0 Å². The van der Waals surface area contributed by atoms with Gasteiger partial charge in [0, 0.05) is 35.3 Å². The highest BCUT2D eigenvalue weighted by molar-refractivity contribution is 14.1. The third kappa shape index (κ3) is 4.89. The summed E-state index contributed by atoms with van der Waals surface area (Å²) in [4.78, 5) is 18.7. The van der Waals surface area contributed by atoms with Crippen molar-refractivity contribution in [3.8, 4) is 0 Å². The van der Waals surface area contributed by atoms with Crippen molar-refractivity contribution in [2.75, 3.05) is 41.4 Å². The summed E-state index contributed by atoms with van der Waals surface area (Å²) in [7, 11) is 0. The second-order valence-electron chi connectivity index (χ2n) is 7.25. The monoisotopic (exact) mass is 491 g/mol. The van der Waals surface area contributed by atoms with Crippen LogP contribution >= 0.6 is 22.6 Å². The lowest BCUT2D eigenvalue weighted by Crippen LogP contribution is -2.34. The van der Waals surface area contributed by atoms with E-state index >= 15 is 0 Å². The van der Waals surface area contributed by atoms with Gasteiger partial charge in [-0.15, -0.1) is 0 Å². The van der Waals surface area contributed by atoms with Crippen LogP contribution in [0.2, 0.25) is 0 Å². The standard InChI is InChI=1S/C20H26IN7/c21-17-10-4-3-9-16(17)15-22-26-18-23-19(27-11-5-1-6-12-27)25-20(24-18)28-13-7-2-8-14-28/h3-4,9-10,15H,1-2,5-8,11-14H2,(H,23,24,25,26). The molecule has 0 bridgehead atoms. The summed E-state index contributed by atoms with van der Waals surface area (Å²) in [6.07, 6.45) is 9.15. The molecule has 1 aromatic carbocycles. The Balaban J connectivity index is 1.56. The van der Waals surface area contributed by atoms with Gasteiger partial charge in [0.15, 0.2) is 0 Å². The van der Waals surface area contributed by atoms with E-state index in [-0.39, 0.29) is 0 Å². The van der Waals surface area contributed by atoms with Crippen LogP contribution in [0.3, 0.4) is 0 Å². The van der Waals surface area contributed by atoms with Gasteiger partial charge in [-0.25, -0.2) is 5.43 Å². The summed E-state index contributed by atoms with van der Waals surface area (Å²) in [5, 5.41) is 4.38. The molecule has 2 saturated heterocycles. The van der Waals surface area contributed by atoms with Crippen LogP contribution in [0, 0.1) is 3.57 Å². The predicted molar refractivity (Wildman–Crippen MR) is 122 cm³/mol. The highest BCUT2D eigenvalue weighted by Gasteiger charge is 2.20. The molecule has 0 atom stereocenters. The van der Waals surface area contributed by atoms with Crippen molar-refractivity contribution >= 4 is 46.7 Å². The zero-order valence-electron chi connectivity index (χ0n) is 16.0. The number of hydrazone groups is 1. The van der Waals surface area contributed by atoms with Crippen molar-refractivity contribution < 1.29 is 0 Å². The van der Waals surface area contributed by atoms with E-state index in [1.165, 1.54) is 38.5 Å². The van der Waals surface area contributed by atoms with E-state index in [2.05, 4.69) is 59.0 Å². The van der Waals surface area contributed by atoms with Crippen LogP contribution in [0.15, 0.2) is 29.4 Å². The van der Waals surface area contributed by atoms with Gasteiger partial charge in [0.25, 0.3) is 0 Å². The Hall–Kier alpha value is -1.97. The number of nitrogens with zero attached hydrogens (tertiary/aromatic N) is 6. The van der Waals surface area contributed by atoms with E-state index in [4.69, 9.17) is 4.98 Å². The summed E-state index contributed by atoms with van der Waals surface area (Å²) in [5.74, 6) is 2.04. The number of piperidine rings is 2. The van der Waals surface area contributed by atoms with E-state index in [1.54, 1.807) is 0 Å². The first-order valence-corrected chi connectivity index (χ1v) is 11.2. The normalized spacial score (nSPS) is 17.9. The smallest absolute Gasteiger partial charge is 0.250 e. The van der Waals surface area contributed by atoms with Crippen molar-refractivity contribution in [2.45, 2.75) is 38.5 Å². The number of rotatable bonds is 5. The first kappa shape index (κ1) is 19.4.